The van der Waals surface area contributed by atoms with Gasteiger partial charge in [0.1, 0.15) is 0 Å². The molecule has 1 aromatic carbocycles. The molecule has 0 radical (unpaired) electrons. The maximum atomic E-state index is 5.24. The highest BCUT2D eigenvalue weighted by Crippen LogP contribution is 2.32. The lowest BCUT2D eigenvalue weighted by molar-refractivity contribution is 0.174. The van der Waals surface area contributed by atoms with Gasteiger partial charge in [-0.15, -0.1) is 0 Å². The van der Waals surface area contributed by atoms with Crippen LogP contribution >= 0.6 is 0 Å². The van der Waals surface area contributed by atoms with Gasteiger partial charge in [-0.05, 0) is 30.8 Å². The van der Waals surface area contributed by atoms with E-state index in [0.29, 0.717) is 13.3 Å². The largest absolute Gasteiger partial charge is 0.454 e. The minimum atomic E-state index is 0.329. The molecule has 0 aromatic heterocycles. The Morgan fingerprint density at radius 1 is 1.38 bits per heavy atom. The molecule has 1 aliphatic rings. The van der Waals surface area contributed by atoms with Crippen molar-refractivity contribution in [3.05, 3.63) is 23.8 Å². The summed E-state index contributed by atoms with van der Waals surface area (Å²) in [5.41, 5.74) is 1.14. The smallest absolute Gasteiger partial charge is 0.231 e. The zero-order valence-corrected chi connectivity index (χ0v) is 7.49. The van der Waals surface area contributed by atoms with Crippen molar-refractivity contribution in [3.63, 3.8) is 0 Å². The standard InChI is InChI=1S/C10H11NO2/c1-2-11-6-8-3-4-9-10(5-8)13-7-12-9/h2-5H,6-7H2,1H3. The van der Waals surface area contributed by atoms with Crippen molar-refractivity contribution in [2.45, 2.75) is 13.5 Å². The lowest BCUT2D eigenvalue weighted by atomic mass is 10.2. The van der Waals surface area contributed by atoms with E-state index in [1.165, 1.54) is 0 Å². The molecular formula is C10H11NO2. The third-order valence-electron chi connectivity index (χ3n) is 1.89. The van der Waals surface area contributed by atoms with Crippen molar-refractivity contribution in [1.82, 2.24) is 0 Å². The number of benzene rings is 1. The molecule has 1 heterocycles. The van der Waals surface area contributed by atoms with Gasteiger partial charge in [0.05, 0.1) is 6.54 Å². The monoisotopic (exact) mass is 177 g/mol. The summed E-state index contributed by atoms with van der Waals surface area (Å²) >= 11 is 0. The van der Waals surface area contributed by atoms with Gasteiger partial charge >= 0.3 is 0 Å². The topological polar surface area (TPSA) is 30.8 Å². The molecule has 0 aliphatic carbocycles. The molecule has 0 saturated carbocycles. The number of fused-ring (bicyclic) bond motifs is 1. The van der Waals surface area contributed by atoms with Crippen molar-refractivity contribution in [1.29, 1.82) is 0 Å². The van der Waals surface area contributed by atoms with Crippen molar-refractivity contribution >= 4 is 6.21 Å². The molecule has 0 atom stereocenters. The fraction of sp³-hybridized carbons (Fsp3) is 0.300. The Kier molecular flexibility index (Phi) is 2.17. The summed E-state index contributed by atoms with van der Waals surface area (Å²) in [6.07, 6.45) is 1.80. The van der Waals surface area contributed by atoms with E-state index < -0.39 is 0 Å². The average molecular weight is 177 g/mol. The minimum absolute atomic E-state index is 0.329. The summed E-state index contributed by atoms with van der Waals surface area (Å²) in [5.74, 6) is 1.65. The Balaban J connectivity index is 2.20. The summed E-state index contributed by atoms with van der Waals surface area (Å²) in [6.45, 7) is 2.94. The van der Waals surface area contributed by atoms with E-state index in [0.717, 1.165) is 17.1 Å². The van der Waals surface area contributed by atoms with Crippen LogP contribution in [0.4, 0.5) is 0 Å². The van der Waals surface area contributed by atoms with Crippen LogP contribution in [-0.4, -0.2) is 13.0 Å². The van der Waals surface area contributed by atoms with Crippen molar-refractivity contribution < 1.29 is 9.47 Å². The second-order valence-corrected chi connectivity index (χ2v) is 2.79. The highest BCUT2D eigenvalue weighted by Gasteiger charge is 2.12. The van der Waals surface area contributed by atoms with Crippen LogP contribution in [0, 0.1) is 0 Å². The fourth-order valence-corrected chi connectivity index (χ4v) is 1.24. The van der Waals surface area contributed by atoms with Crippen molar-refractivity contribution in [3.8, 4) is 11.5 Å². The lowest BCUT2D eigenvalue weighted by Crippen LogP contribution is -1.92. The first-order valence-corrected chi connectivity index (χ1v) is 4.23. The van der Waals surface area contributed by atoms with Gasteiger partial charge in [-0.3, -0.25) is 4.99 Å². The molecule has 0 spiro atoms. The Labute approximate surface area is 77.0 Å². The van der Waals surface area contributed by atoms with Crippen LogP contribution in [0.1, 0.15) is 12.5 Å². The third kappa shape index (κ3) is 1.64. The number of hydrogen-bond donors (Lipinski definition) is 0. The molecule has 1 aliphatic heterocycles. The molecule has 0 amide bonds. The summed E-state index contributed by atoms with van der Waals surface area (Å²) < 4.78 is 10.4. The molecule has 13 heavy (non-hydrogen) atoms. The van der Waals surface area contributed by atoms with Crippen LogP contribution in [0.2, 0.25) is 0 Å². The molecule has 68 valence electrons. The summed E-state index contributed by atoms with van der Waals surface area (Å²) in [4.78, 5) is 4.15. The first-order valence-electron chi connectivity index (χ1n) is 4.23. The first kappa shape index (κ1) is 8.10. The van der Waals surface area contributed by atoms with Gasteiger partial charge in [0, 0.05) is 0 Å². The molecule has 1 aromatic rings. The molecule has 0 fully saturated rings. The summed E-state index contributed by atoms with van der Waals surface area (Å²) in [7, 11) is 0. The van der Waals surface area contributed by atoms with Gasteiger partial charge in [-0.25, -0.2) is 0 Å². The number of nitrogens with zero attached hydrogens (tertiary/aromatic N) is 1. The Bertz CT molecular complexity index is 334. The van der Waals surface area contributed by atoms with Crippen molar-refractivity contribution in [2.75, 3.05) is 6.79 Å². The second-order valence-electron chi connectivity index (χ2n) is 2.79. The molecule has 3 nitrogen and oxygen atoms in total. The molecule has 0 saturated heterocycles. The highest BCUT2D eigenvalue weighted by atomic mass is 16.7. The average Bonchev–Trinajstić information content (AvgIpc) is 2.61. The van der Waals surface area contributed by atoms with Gasteiger partial charge < -0.3 is 9.47 Å². The molecular weight excluding hydrogens is 166 g/mol. The van der Waals surface area contributed by atoms with E-state index in [4.69, 9.17) is 9.47 Å². The van der Waals surface area contributed by atoms with Crippen LogP contribution in [0.5, 0.6) is 11.5 Å². The van der Waals surface area contributed by atoms with E-state index in [1.54, 1.807) is 6.21 Å². The van der Waals surface area contributed by atoms with E-state index in [9.17, 15) is 0 Å². The van der Waals surface area contributed by atoms with E-state index >= 15 is 0 Å². The van der Waals surface area contributed by atoms with Crippen LogP contribution in [0.3, 0.4) is 0 Å². The number of ether oxygens (including phenoxy) is 2. The maximum Gasteiger partial charge on any atom is 0.231 e. The lowest BCUT2D eigenvalue weighted by Gasteiger charge is -1.98. The van der Waals surface area contributed by atoms with Gasteiger partial charge in [0.25, 0.3) is 0 Å². The summed E-state index contributed by atoms with van der Waals surface area (Å²) in [6, 6.07) is 5.89. The zero-order chi connectivity index (χ0) is 9.10. The maximum absolute atomic E-state index is 5.24. The molecule has 2 rings (SSSR count). The van der Waals surface area contributed by atoms with E-state index in [-0.39, 0.29) is 0 Å². The predicted octanol–water partition coefficient (Wildman–Crippen LogP) is 2.01. The van der Waals surface area contributed by atoms with Crippen LogP contribution in [-0.2, 0) is 6.54 Å². The Morgan fingerprint density at radius 2 is 2.23 bits per heavy atom. The van der Waals surface area contributed by atoms with Crippen LogP contribution in [0.15, 0.2) is 23.2 Å². The quantitative estimate of drug-likeness (QED) is 0.647. The van der Waals surface area contributed by atoms with E-state index in [1.807, 2.05) is 25.1 Å². The van der Waals surface area contributed by atoms with E-state index in [2.05, 4.69) is 4.99 Å². The normalized spacial score (nSPS) is 13.9. The molecule has 0 N–H and O–H groups in total. The number of hydrogen-bond acceptors (Lipinski definition) is 3. The first-order chi connectivity index (χ1) is 6.40. The zero-order valence-electron chi connectivity index (χ0n) is 7.49. The molecule has 0 bridgehead atoms. The fourth-order valence-electron chi connectivity index (χ4n) is 1.24. The Hall–Kier alpha value is -1.51. The van der Waals surface area contributed by atoms with Crippen molar-refractivity contribution in [2.24, 2.45) is 4.99 Å². The van der Waals surface area contributed by atoms with Crippen LogP contribution < -0.4 is 9.47 Å². The minimum Gasteiger partial charge on any atom is -0.454 e. The summed E-state index contributed by atoms with van der Waals surface area (Å²) in [5, 5.41) is 0. The third-order valence-corrected chi connectivity index (χ3v) is 1.89. The molecule has 0 unspecified atom stereocenters. The number of aliphatic imine (C=N–C) groups is 1. The Morgan fingerprint density at radius 3 is 3.08 bits per heavy atom. The molecule has 3 heteroatoms. The highest BCUT2D eigenvalue weighted by molar-refractivity contribution is 5.53. The van der Waals surface area contributed by atoms with Crippen LogP contribution in [0.25, 0.3) is 0 Å². The van der Waals surface area contributed by atoms with Gasteiger partial charge in [-0.1, -0.05) is 6.07 Å². The second kappa shape index (κ2) is 3.47. The van der Waals surface area contributed by atoms with Gasteiger partial charge in [-0.2, -0.15) is 0 Å². The number of rotatable bonds is 2. The van der Waals surface area contributed by atoms with Gasteiger partial charge in [0.15, 0.2) is 11.5 Å². The predicted molar refractivity (Wildman–Crippen MR) is 50.4 cm³/mol. The van der Waals surface area contributed by atoms with Gasteiger partial charge in [0.2, 0.25) is 6.79 Å². The SMILES string of the molecule is CC=NCc1ccc2c(c1)OCO2.